The van der Waals surface area contributed by atoms with Gasteiger partial charge in [-0.05, 0) is 39.7 Å². The fourth-order valence-electron chi connectivity index (χ4n) is 1.40. The molecule has 0 atom stereocenters. The van der Waals surface area contributed by atoms with Gasteiger partial charge in [-0.15, -0.1) is 0 Å². The summed E-state index contributed by atoms with van der Waals surface area (Å²) >= 11 is 0. The largest absolute Gasteiger partial charge is 0.444 e. The number of likely N-dealkylation sites (tertiary alicyclic amines) is 1. The first-order valence-electron chi connectivity index (χ1n) is 6.12. The molecule has 0 unspecified atom stereocenters. The van der Waals surface area contributed by atoms with Gasteiger partial charge in [0.2, 0.25) is 5.91 Å². The zero-order chi connectivity index (χ0) is 14.2. The summed E-state index contributed by atoms with van der Waals surface area (Å²) in [5.41, 5.74) is -0.389. The van der Waals surface area contributed by atoms with Gasteiger partial charge in [0.25, 0.3) is 0 Å². The predicted octanol–water partition coefficient (Wildman–Crippen LogP) is 1.94. The summed E-state index contributed by atoms with van der Waals surface area (Å²) in [5.74, 6) is 0.0764. The van der Waals surface area contributed by atoms with Crippen LogP contribution in [0.2, 0.25) is 0 Å². The molecule has 1 aliphatic rings. The van der Waals surface area contributed by atoms with Crippen LogP contribution >= 0.6 is 0 Å². The fraction of sp³-hybridized carbons (Fsp3) is 0.692. The zero-order valence-corrected chi connectivity index (χ0v) is 11.8. The molecule has 1 fully saturated rings. The molecule has 0 aromatic heterocycles. The molecule has 5 heteroatoms. The van der Waals surface area contributed by atoms with Crippen molar-refractivity contribution in [2.45, 2.75) is 39.2 Å². The third kappa shape index (κ3) is 7.70. The Labute approximate surface area is 109 Å². The van der Waals surface area contributed by atoms with E-state index in [2.05, 4.69) is 11.9 Å². The third-order valence-electron chi connectivity index (χ3n) is 2.20. The summed E-state index contributed by atoms with van der Waals surface area (Å²) < 4.78 is 4.84. The molecular weight excluding hydrogens is 232 g/mol. The minimum atomic E-state index is -0.389. The maximum absolute atomic E-state index is 10.8. The molecule has 5 nitrogen and oxygen atoms in total. The Morgan fingerprint density at radius 1 is 1.28 bits per heavy atom. The molecule has 1 heterocycles. The Bertz CT molecular complexity index is 289. The molecule has 18 heavy (non-hydrogen) atoms. The van der Waals surface area contributed by atoms with E-state index >= 15 is 0 Å². The lowest BCUT2D eigenvalue weighted by atomic mass is 10.2. The Morgan fingerprint density at radius 3 is 2.06 bits per heavy atom. The topological polar surface area (TPSA) is 58.6 Å². The first-order chi connectivity index (χ1) is 8.30. The van der Waals surface area contributed by atoms with Crippen molar-refractivity contribution in [3.63, 3.8) is 0 Å². The molecule has 104 valence electrons. The van der Waals surface area contributed by atoms with Gasteiger partial charge in [0, 0.05) is 20.1 Å². The molecule has 0 bridgehead atoms. The first kappa shape index (κ1) is 16.5. The molecule has 1 rings (SSSR count). The Kier molecular flexibility index (Phi) is 7.08. The zero-order valence-electron chi connectivity index (χ0n) is 11.8. The monoisotopic (exact) mass is 256 g/mol. The van der Waals surface area contributed by atoms with E-state index in [0.717, 1.165) is 25.9 Å². The van der Waals surface area contributed by atoms with E-state index in [4.69, 9.17) is 4.74 Å². The van der Waals surface area contributed by atoms with Gasteiger partial charge in [-0.2, -0.15) is 0 Å². The van der Waals surface area contributed by atoms with Crippen LogP contribution in [0.15, 0.2) is 12.7 Å². The van der Waals surface area contributed by atoms with Gasteiger partial charge in [-0.25, -0.2) is 4.79 Å². The van der Waals surface area contributed by atoms with Crippen LogP contribution in [0.4, 0.5) is 4.79 Å². The molecule has 1 N–H and O–H groups in total. The van der Waals surface area contributed by atoms with E-state index in [1.165, 1.54) is 13.1 Å². The van der Waals surface area contributed by atoms with Crippen LogP contribution < -0.4 is 5.32 Å². The van der Waals surface area contributed by atoms with E-state index in [9.17, 15) is 9.59 Å². The lowest BCUT2D eigenvalue weighted by molar-refractivity contribution is -0.124. The van der Waals surface area contributed by atoms with Crippen LogP contribution in [-0.2, 0) is 9.53 Å². The average molecular weight is 256 g/mol. The normalized spacial score (nSPS) is 14.3. The number of amides is 2. The van der Waals surface area contributed by atoms with Crippen molar-refractivity contribution in [1.82, 2.24) is 10.2 Å². The van der Waals surface area contributed by atoms with Crippen molar-refractivity contribution in [2.24, 2.45) is 0 Å². The maximum Gasteiger partial charge on any atom is 0.407 e. The number of carbonyl (C=O) groups excluding carboxylic acids is 2. The summed E-state index contributed by atoms with van der Waals surface area (Å²) in [5, 5.41) is 2.36. The van der Waals surface area contributed by atoms with Crippen molar-refractivity contribution in [3.8, 4) is 0 Å². The van der Waals surface area contributed by atoms with E-state index in [1.807, 2.05) is 25.7 Å². The van der Waals surface area contributed by atoms with Gasteiger partial charge >= 0.3 is 6.09 Å². The van der Waals surface area contributed by atoms with Crippen LogP contribution in [-0.4, -0.2) is 42.6 Å². The van der Waals surface area contributed by atoms with Crippen molar-refractivity contribution < 1.29 is 14.3 Å². The van der Waals surface area contributed by atoms with Gasteiger partial charge in [-0.1, -0.05) is 6.58 Å². The number of hydrogen-bond donors (Lipinski definition) is 1. The molecule has 2 amide bonds. The van der Waals surface area contributed by atoms with Crippen molar-refractivity contribution in [1.29, 1.82) is 0 Å². The number of alkyl carbamates (subject to hydrolysis) is 1. The molecule has 0 radical (unpaired) electrons. The summed E-state index contributed by atoms with van der Waals surface area (Å²) in [6.45, 7) is 10.7. The fourth-order valence-corrected chi connectivity index (χ4v) is 1.40. The second kappa shape index (κ2) is 7.74. The predicted molar refractivity (Wildman–Crippen MR) is 71.3 cm³/mol. The highest BCUT2D eigenvalue weighted by Gasteiger charge is 2.14. The highest BCUT2D eigenvalue weighted by Crippen LogP contribution is 2.07. The quantitative estimate of drug-likeness (QED) is 0.729. The van der Waals surface area contributed by atoms with Gasteiger partial charge in [-0.3, -0.25) is 4.79 Å². The Balaban J connectivity index is 0.000000321. The van der Waals surface area contributed by atoms with Gasteiger partial charge in [0.1, 0.15) is 5.60 Å². The molecule has 1 aliphatic heterocycles. The van der Waals surface area contributed by atoms with E-state index in [-0.39, 0.29) is 17.6 Å². The smallest absolute Gasteiger partial charge is 0.407 e. The number of rotatable bonds is 1. The number of carbonyl (C=O) groups is 2. The minimum Gasteiger partial charge on any atom is -0.444 e. The van der Waals surface area contributed by atoms with Crippen LogP contribution in [0.5, 0.6) is 0 Å². The highest BCUT2D eigenvalue weighted by atomic mass is 16.6. The molecule has 1 saturated heterocycles. The second-order valence-electron chi connectivity index (χ2n) is 4.99. The molecule has 0 spiro atoms. The van der Waals surface area contributed by atoms with Crippen molar-refractivity contribution in [2.75, 3.05) is 20.1 Å². The van der Waals surface area contributed by atoms with Crippen LogP contribution in [0.1, 0.15) is 33.6 Å². The van der Waals surface area contributed by atoms with E-state index in [1.54, 1.807) is 0 Å². The highest BCUT2D eigenvalue weighted by molar-refractivity contribution is 5.87. The number of nitrogens with one attached hydrogen (secondary N) is 1. The van der Waals surface area contributed by atoms with E-state index < -0.39 is 0 Å². The molecule has 0 aromatic carbocycles. The molecule has 0 aliphatic carbocycles. The van der Waals surface area contributed by atoms with Gasteiger partial charge in [0.05, 0.1) is 0 Å². The van der Waals surface area contributed by atoms with E-state index in [0.29, 0.717) is 0 Å². The standard InChI is InChI=1S/C7H11NO.C6H13NO2/c1-2-7(9)8-5-3-4-6-8;1-6(2,3)9-5(8)7-4/h2H,1,3-6H2;1-4H3,(H,7,8). The average Bonchev–Trinajstić information content (AvgIpc) is 2.80. The van der Waals surface area contributed by atoms with Crippen LogP contribution in [0.3, 0.4) is 0 Å². The third-order valence-corrected chi connectivity index (χ3v) is 2.20. The number of hydrogen-bond acceptors (Lipinski definition) is 3. The lowest BCUT2D eigenvalue weighted by Crippen LogP contribution is -2.30. The van der Waals surface area contributed by atoms with Crippen molar-refractivity contribution >= 4 is 12.0 Å². The second-order valence-corrected chi connectivity index (χ2v) is 4.99. The first-order valence-corrected chi connectivity index (χ1v) is 6.12. The summed E-state index contributed by atoms with van der Waals surface area (Å²) in [6, 6.07) is 0. The van der Waals surface area contributed by atoms with Crippen LogP contribution in [0, 0.1) is 0 Å². The summed E-state index contributed by atoms with van der Waals surface area (Å²) in [4.78, 5) is 23.1. The molecule has 0 saturated carbocycles. The maximum atomic E-state index is 10.8. The Morgan fingerprint density at radius 2 is 1.78 bits per heavy atom. The lowest BCUT2D eigenvalue weighted by Gasteiger charge is -2.18. The van der Waals surface area contributed by atoms with Gasteiger partial charge in [0.15, 0.2) is 0 Å². The SMILES string of the molecule is C=CC(=O)N1CCCC1.CNC(=O)OC(C)(C)C. The summed E-state index contributed by atoms with van der Waals surface area (Å²) in [7, 11) is 1.54. The van der Waals surface area contributed by atoms with Crippen molar-refractivity contribution in [3.05, 3.63) is 12.7 Å². The number of nitrogens with zero attached hydrogens (tertiary/aromatic N) is 1. The number of ether oxygens (including phenoxy) is 1. The summed E-state index contributed by atoms with van der Waals surface area (Å²) in [6.07, 6.45) is 3.30. The molecular formula is C13H24N2O3. The minimum absolute atomic E-state index is 0.0764. The van der Waals surface area contributed by atoms with Crippen LogP contribution in [0.25, 0.3) is 0 Å². The van der Waals surface area contributed by atoms with Gasteiger partial charge < -0.3 is 15.0 Å². The molecule has 0 aromatic rings. The Hall–Kier alpha value is -1.52.